The molecule has 0 fully saturated rings. The molecule has 1 aromatic carbocycles. The van der Waals surface area contributed by atoms with Crippen molar-refractivity contribution >= 4 is 38.2 Å². The Morgan fingerprint density at radius 2 is 2.19 bits per heavy atom. The number of hydrogen-bond acceptors (Lipinski definition) is 4. The van der Waals surface area contributed by atoms with Crippen molar-refractivity contribution in [3.63, 3.8) is 0 Å². The van der Waals surface area contributed by atoms with Crippen LogP contribution in [0.15, 0.2) is 38.5 Å². The molecule has 0 amide bonds. The first-order valence-electron chi connectivity index (χ1n) is 6.47. The molecular weight excluding hydrogens is 355 g/mol. The van der Waals surface area contributed by atoms with E-state index in [2.05, 4.69) is 27.4 Å². The zero-order valence-corrected chi connectivity index (χ0v) is 13.7. The van der Waals surface area contributed by atoms with Crippen LogP contribution in [0, 0.1) is 12.7 Å². The standard InChI is InChI=1S/C15H14BrFN2OS/c1-8-11-6-9(17)2-4-13(11)20-15(8)12(19-18)7-10-3-5-14(16)21-10/h2-6,12,19H,7,18H2,1H3. The van der Waals surface area contributed by atoms with Gasteiger partial charge in [-0.2, -0.15) is 0 Å². The van der Waals surface area contributed by atoms with Gasteiger partial charge in [0.25, 0.3) is 0 Å². The molecule has 0 radical (unpaired) electrons. The molecule has 3 aromatic rings. The second-order valence-corrected chi connectivity index (χ2v) is 7.41. The van der Waals surface area contributed by atoms with Crippen LogP contribution in [-0.2, 0) is 6.42 Å². The molecule has 0 bridgehead atoms. The fourth-order valence-corrected chi connectivity index (χ4v) is 3.96. The number of thiophene rings is 1. The van der Waals surface area contributed by atoms with Crippen molar-refractivity contribution in [2.24, 2.45) is 5.84 Å². The van der Waals surface area contributed by atoms with Crippen LogP contribution in [0.5, 0.6) is 0 Å². The van der Waals surface area contributed by atoms with E-state index in [1.54, 1.807) is 17.4 Å². The first kappa shape index (κ1) is 14.7. The summed E-state index contributed by atoms with van der Waals surface area (Å²) < 4.78 is 20.3. The molecule has 6 heteroatoms. The highest BCUT2D eigenvalue weighted by atomic mass is 79.9. The van der Waals surface area contributed by atoms with Gasteiger partial charge in [-0.1, -0.05) is 0 Å². The Balaban J connectivity index is 1.98. The summed E-state index contributed by atoms with van der Waals surface area (Å²) in [6, 6.07) is 8.45. The lowest BCUT2D eigenvalue weighted by Crippen LogP contribution is -2.29. The third kappa shape index (κ3) is 2.89. The average molecular weight is 369 g/mol. The minimum absolute atomic E-state index is 0.147. The zero-order chi connectivity index (χ0) is 15.0. The van der Waals surface area contributed by atoms with E-state index in [9.17, 15) is 4.39 Å². The summed E-state index contributed by atoms with van der Waals surface area (Å²) in [5.74, 6) is 6.18. The number of aryl methyl sites for hydroxylation is 1. The normalized spacial score (nSPS) is 13.0. The molecule has 0 aliphatic heterocycles. The minimum atomic E-state index is -0.266. The van der Waals surface area contributed by atoms with E-state index in [0.29, 0.717) is 5.58 Å². The van der Waals surface area contributed by atoms with Crippen LogP contribution >= 0.6 is 27.3 Å². The Morgan fingerprint density at radius 1 is 1.38 bits per heavy atom. The van der Waals surface area contributed by atoms with Crippen molar-refractivity contribution in [3.05, 3.63) is 56.1 Å². The summed E-state index contributed by atoms with van der Waals surface area (Å²) in [6.07, 6.45) is 0.718. The number of benzene rings is 1. The van der Waals surface area contributed by atoms with Gasteiger partial charge in [0.15, 0.2) is 0 Å². The molecular formula is C15H14BrFN2OS. The van der Waals surface area contributed by atoms with E-state index in [1.165, 1.54) is 17.0 Å². The molecule has 0 aliphatic carbocycles. The summed E-state index contributed by atoms with van der Waals surface area (Å²) >= 11 is 5.11. The molecule has 3 N–H and O–H groups in total. The van der Waals surface area contributed by atoms with E-state index in [1.807, 2.05) is 13.0 Å². The fourth-order valence-electron chi connectivity index (χ4n) is 2.43. The number of hydrazine groups is 1. The highest BCUT2D eigenvalue weighted by molar-refractivity contribution is 9.11. The van der Waals surface area contributed by atoms with E-state index >= 15 is 0 Å². The number of furan rings is 1. The lowest BCUT2D eigenvalue weighted by Gasteiger charge is -2.13. The van der Waals surface area contributed by atoms with Gasteiger partial charge in [0.1, 0.15) is 17.2 Å². The molecule has 3 nitrogen and oxygen atoms in total. The van der Waals surface area contributed by atoms with Crippen molar-refractivity contribution < 1.29 is 8.81 Å². The number of fused-ring (bicyclic) bond motifs is 1. The Labute approximate surface area is 134 Å². The number of rotatable bonds is 4. The first-order chi connectivity index (χ1) is 10.1. The predicted octanol–water partition coefficient (Wildman–Crippen LogP) is 4.45. The van der Waals surface area contributed by atoms with Gasteiger partial charge in [0.2, 0.25) is 0 Å². The third-order valence-corrected chi connectivity index (χ3v) is 5.13. The molecule has 0 aliphatic rings. The smallest absolute Gasteiger partial charge is 0.134 e. The lowest BCUT2D eigenvalue weighted by molar-refractivity contribution is 0.433. The van der Waals surface area contributed by atoms with Crippen LogP contribution in [-0.4, -0.2) is 0 Å². The minimum Gasteiger partial charge on any atom is -0.459 e. The summed E-state index contributed by atoms with van der Waals surface area (Å²) in [4.78, 5) is 1.19. The Bertz CT molecular complexity index is 783. The Kier molecular flexibility index (Phi) is 4.12. The number of nitrogens with two attached hydrogens (primary N) is 1. The molecule has 2 aromatic heterocycles. The van der Waals surface area contributed by atoms with Gasteiger partial charge in [-0.25, -0.2) is 9.82 Å². The molecule has 21 heavy (non-hydrogen) atoms. The van der Waals surface area contributed by atoms with Crippen molar-refractivity contribution in [3.8, 4) is 0 Å². The van der Waals surface area contributed by atoms with Crippen molar-refractivity contribution in [2.75, 3.05) is 0 Å². The quantitative estimate of drug-likeness (QED) is 0.528. The maximum atomic E-state index is 13.4. The van der Waals surface area contributed by atoms with Crippen LogP contribution in [0.1, 0.15) is 22.2 Å². The topological polar surface area (TPSA) is 51.2 Å². The third-order valence-electron chi connectivity index (χ3n) is 3.49. The summed E-state index contributed by atoms with van der Waals surface area (Å²) in [7, 11) is 0. The molecule has 0 spiro atoms. The van der Waals surface area contributed by atoms with Crippen LogP contribution in [0.3, 0.4) is 0 Å². The monoisotopic (exact) mass is 368 g/mol. The van der Waals surface area contributed by atoms with Gasteiger partial charge in [-0.05, 0) is 53.2 Å². The van der Waals surface area contributed by atoms with Gasteiger partial charge in [-0.15, -0.1) is 11.3 Å². The molecule has 1 unspecified atom stereocenters. The molecule has 110 valence electrons. The van der Waals surface area contributed by atoms with Crippen molar-refractivity contribution in [1.82, 2.24) is 5.43 Å². The molecule has 0 saturated carbocycles. The highest BCUT2D eigenvalue weighted by Gasteiger charge is 2.20. The predicted molar refractivity (Wildman–Crippen MR) is 86.7 cm³/mol. The SMILES string of the molecule is Cc1c(C(Cc2ccc(Br)s2)NN)oc2ccc(F)cc12. The second kappa shape index (κ2) is 5.88. The molecule has 3 rings (SSSR count). The zero-order valence-electron chi connectivity index (χ0n) is 11.3. The largest absolute Gasteiger partial charge is 0.459 e. The Morgan fingerprint density at radius 3 is 2.86 bits per heavy atom. The summed E-state index contributed by atoms with van der Waals surface area (Å²) in [5.41, 5.74) is 4.39. The number of nitrogens with one attached hydrogen (secondary N) is 1. The average Bonchev–Trinajstić information content (AvgIpc) is 3.01. The van der Waals surface area contributed by atoms with Crippen molar-refractivity contribution in [1.29, 1.82) is 0 Å². The van der Waals surface area contributed by atoms with Gasteiger partial charge in [-0.3, -0.25) is 5.84 Å². The van der Waals surface area contributed by atoms with E-state index in [4.69, 9.17) is 10.3 Å². The first-order valence-corrected chi connectivity index (χ1v) is 8.08. The second-order valence-electron chi connectivity index (χ2n) is 4.86. The van der Waals surface area contributed by atoms with Crippen LogP contribution < -0.4 is 11.3 Å². The van der Waals surface area contributed by atoms with Gasteiger partial charge in [0, 0.05) is 22.2 Å². The molecule has 2 heterocycles. The Hall–Kier alpha value is -1.21. The van der Waals surface area contributed by atoms with Gasteiger partial charge < -0.3 is 4.42 Å². The fraction of sp³-hybridized carbons (Fsp3) is 0.200. The molecule has 1 atom stereocenters. The van der Waals surface area contributed by atoms with E-state index in [-0.39, 0.29) is 11.9 Å². The van der Waals surface area contributed by atoms with Crippen LogP contribution in [0.25, 0.3) is 11.0 Å². The van der Waals surface area contributed by atoms with Crippen molar-refractivity contribution in [2.45, 2.75) is 19.4 Å². The summed E-state index contributed by atoms with van der Waals surface area (Å²) in [5, 5.41) is 0.789. The molecule has 0 saturated heterocycles. The van der Waals surface area contributed by atoms with Gasteiger partial charge >= 0.3 is 0 Å². The van der Waals surface area contributed by atoms with Crippen LogP contribution in [0.4, 0.5) is 4.39 Å². The lowest BCUT2D eigenvalue weighted by atomic mass is 10.1. The number of halogens is 2. The maximum absolute atomic E-state index is 13.4. The van der Waals surface area contributed by atoms with E-state index in [0.717, 1.165) is 26.9 Å². The van der Waals surface area contributed by atoms with Gasteiger partial charge in [0.05, 0.1) is 9.83 Å². The number of hydrogen-bond donors (Lipinski definition) is 2. The maximum Gasteiger partial charge on any atom is 0.134 e. The van der Waals surface area contributed by atoms with Crippen LogP contribution in [0.2, 0.25) is 0 Å². The summed E-state index contributed by atoms with van der Waals surface area (Å²) in [6.45, 7) is 1.93. The van der Waals surface area contributed by atoms with E-state index < -0.39 is 0 Å². The highest BCUT2D eigenvalue weighted by Crippen LogP contribution is 2.33.